The zero-order valence-corrected chi connectivity index (χ0v) is 14.6. The molecule has 0 aliphatic heterocycles. The van der Waals surface area contributed by atoms with Gasteiger partial charge in [-0.25, -0.2) is 0 Å². The monoisotopic (exact) mass is 286 g/mol. The Balaban J connectivity index is 2.87. The predicted octanol–water partition coefficient (Wildman–Crippen LogP) is 4.24. The van der Waals surface area contributed by atoms with Crippen molar-refractivity contribution in [3.8, 4) is 0 Å². The van der Waals surface area contributed by atoms with Crippen molar-refractivity contribution in [1.82, 2.24) is 0 Å². The van der Waals surface area contributed by atoms with Gasteiger partial charge in [0.15, 0.2) is 0 Å². The van der Waals surface area contributed by atoms with E-state index in [2.05, 4.69) is 77.7 Å². The second-order valence-electron chi connectivity index (χ2n) is 6.67. The quantitative estimate of drug-likeness (QED) is 0.713. The maximum Gasteiger partial charge on any atom is 0.00914 e. The fraction of sp³-hybridized carbons (Fsp3) is 0.474. The molecule has 3 unspecified atom stereocenters. The number of fused-ring (bicyclic) bond motifs is 1. The van der Waals surface area contributed by atoms with Gasteiger partial charge in [-0.05, 0) is 53.4 Å². The van der Waals surface area contributed by atoms with Crippen molar-refractivity contribution in [3.63, 3.8) is 0 Å². The van der Waals surface area contributed by atoms with Crippen LogP contribution in [0.15, 0.2) is 30.4 Å². The molecule has 108 valence electrons. The third kappa shape index (κ3) is 2.51. The van der Waals surface area contributed by atoms with Gasteiger partial charge in [0.2, 0.25) is 0 Å². The minimum atomic E-state index is 0.298. The highest BCUT2D eigenvalue weighted by Gasteiger charge is 2.39. The third-order valence-electron chi connectivity index (χ3n) is 4.32. The Morgan fingerprint density at radius 1 is 1.15 bits per heavy atom. The maximum absolute atomic E-state index is 2.38. The van der Waals surface area contributed by atoms with Crippen LogP contribution in [0.25, 0.3) is 11.6 Å². The molecular weight excluding hydrogens is 259 g/mol. The number of hydrogen-bond acceptors (Lipinski definition) is 0. The Bertz CT molecular complexity index is 629. The van der Waals surface area contributed by atoms with Crippen molar-refractivity contribution < 1.29 is 0 Å². The molecule has 2 rings (SSSR count). The number of allylic oxidation sites excluding steroid dienone is 2. The summed E-state index contributed by atoms with van der Waals surface area (Å²) < 4.78 is 0. The molecule has 1 heteroatoms. The van der Waals surface area contributed by atoms with Gasteiger partial charge in [-0.15, -0.1) is 8.58 Å². The van der Waals surface area contributed by atoms with Gasteiger partial charge in [-0.2, -0.15) is 0 Å². The topological polar surface area (TPSA) is 0 Å². The van der Waals surface area contributed by atoms with Gasteiger partial charge < -0.3 is 0 Å². The molecule has 0 bridgehead atoms. The van der Waals surface area contributed by atoms with Crippen LogP contribution in [0.3, 0.4) is 0 Å². The van der Waals surface area contributed by atoms with Gasteiger partial charge in [0, 0.05) is 5.66 Å². The highest BCUT2D eigenvalue weighted by Crippen LogP contribution is 2.52. The standard InChI is InChI=1S/C19H27P/c1-7-10-14-16-13(8-2)11-9-12-15(16)18(20-6)17(14)19(3,4)5/h7-12,17-18,20H,1-6H3/b10-7-,13-8-. The summed E-state index contributed by atoms with van der Waals surface area (Å²) in [6, 6.07) is 6.82. The van der Waals surface area contributed by atoms with E-state index >= 15 is 0 Å². The van der Waals surface area contributed by atoms with Crippen LogP contribution >= 0.6 is 8.58 Å². The first-order valence-corrected chi connectivity index (χ1v) is 9.12. The molecule has 0 nitrogen and oxygen atoms in total. The second kappa shape index (κ2) is 5.86. The average Bonchev–Trinajstić information content (AvgIpc) is 2.73. The molecule has 1 aromatic rings. The van der Waals surface area contributed by atoms with Crippen LogP contribution in [0.4, 0.5) is 0 Å². The van der Waals surface area contributed by atoms with E-state index in [9.17, 15) is 0 Å². The molecule has 1 aliphatic carbocycles. The van der Waals surface area contributed by atoms with Gasteiger partial charge in [0.05, 0.1) is 0 Å². The number of hydrogen-bond donors (Lipinski definition) is 0. The second-order valence-corrected chi connectivity index (χ2v) is 7.86. The summed E-state index contributed by atoms with van der Waals surface area (Å²) in [5, 5.41) is 2.90. The van der Waals surface area contributed by atoms with E-state index in [1.54, 1.807) is 11.1 Å². The summed E-state index contributed by atoms with van der Waals surface area (Å²) in [6.07, 6.45) is 6.80. The van der Waals surface area contributed by atoms with Crippen molar-refractivity contribution in [2.75, 3.05) is 6.66 Å². The molecule has 0 saturated heterocycles. The Morgan fingerprint density at radius 3 is 2.35 bits per heavy atom. The first kappa shape index (κ1) is 15.5. The molecule has 1 aromatic carbocycles. The van der Waals surface area contributed by atoms with Gasteiger partial charge in [0.1, 0.15) is 0 Å². The molecule has 0 fully saturated rings. The molecule has 0 saturated carbocycles. The first-order chi connectivity index (χ1) is 9.45. The average molecular weight is 286 g/mol. The summed E-state index contributed by atoms with van der Waals surface area (Å²) >= 11 is 0. The van der Waals surface area contributed by atoms with Crippen LogP contribution in [-0.4, -0.2) is 6.66 Å². The van der Waals surface area contributed by atoms with Crippen LogP contribution in [0.1, 0.15) is 45.8 Å². The van der Waals surface area contributed by atoms with Crippen LogP contribution in [0, 0.1) is 11.3 Å². The van der Waals surface area contributed by atoms with E-state index in [-0.39, 0.29) is 0 Å². The lowest BCUT2D eigenvalue weighted by atomic mass is 9.75. The minimum absolute atomic E-state index is 0.298. The van der Waals surface area contributed by atoms with Crippen molar-refractivity contribution in [3.05, 3.63) is 46.4 Å². The first-order valence-electron chi connectivity index (χ1n) is 7.55. The fourth-order valence-electron chi connectivity index (χ4n) is 3.59. The predicted molar refractivity (Wildman–Crippen MR) is 94.0 cm³/mol. The Morgan fingerprint density at radius 2 is 1.85 bits per heavy atom. The van der Waals surface area contributed by atoms with Crippen LogP contribution in [0.5, 0.6) is 0 Å². The smallest absolute Gasteiger partial charge is 0.00914 e. The molecular formula is C19H27P. The molecule has 0 amide bonds. The van der Waals surface area contributed by atoms with Gasteiger partial charge >= 0.3 is 0 Å². The maximum atomic E-state index is 2.38. The lowest BCUT2D eigenvalue weighted by Gasteiger charge is -2.34. The molecule has 0 aromatic heterocycles. The fourth-order valence-corrected chi connectivity index (χ4v) is 5.16. The Labute approximate surface area is 125 Å². The summed E-state index contributed by atoms with van der Waals surface area (Å²) in [4.78, 5) is 0. The van der Waals surface area contributed by atoms with E-state index in [1.807, 2.05) is 0 Å². The minimum Gasteiger partial charge on any atom is -0.117 e. The Hall–Kier alpha value is -0.870. The summed E-state index contributed by atoms with van der Waals surface area (Å²) in [5.41, 5.74) is 4.08. The number of rotatable bonds is 2. The molecule has 0 heterocycles. The zero-order valence-electron chi connectivity index (χ0n) is 13.6. The van der Waals surface area contributed by atoms with E-state index < -0.39 is 0 Å². The van der Waals surface area contributed by atoms with E-state index in [0.717, 1.165) is 8.58 Å². The van der Waals surface area contributed by atoms with Crippen molar-refractivity contribution in [1.29, 1.82) is 0 Å². The van der Waals surface area contributed by atoms with E-state index in [4.69, 9.17) is 0 Å². The van der Waals surface area contributed by atoms with E-state index in [0.29, 0.717) is 17.0 Å². The third-order valence-corrected chi connectivity index (χ3v) is 5.59. The lowest BCUT2D eigenvalue weighted by molar-refractivity contribution is 0.302. The molecule has 3 atom stereocenters. The summed E-state index contributed by atoms with van der Waals surface area (Å²) in [6.45, 7) is 13.8. The van der Waals surface area contributed by atoms with Crippen LogP contribution < -0.4 is 10.4 Å². The van der Waals surface area contributed by atoms with Crippen LogP contribution in [-0.2, 0) is 0 Å². The highest BCUT2D eigenvalue weighted by atomic mass is 31.1. The summed E-state index contributed by atoms with van der Waals surface area (Å²) in [7, 11) is 0.952. The molecule has 0 spiro atoms. The van der Waals surface area contributed by atoms with Crippen molar-refractivity contribution in [2.24, 2.45) is 11.3 Å². The van der Waals surface area contributed by atoms with Gasteiger partial charge in [-0.1, -0.05) is 57.2 Å². The number of benzene rings is 1. The molecule has 0 N–H and O–H groups in total. The normalized spacial score (nSPS) is 24.3. The highest BCUT2D eigenvalue weighted by molar-refractivity contribution is 7.37. The van der Waals surface area contributed by atoms with Gasteiger partial charge in [0.25, 0.3) is 0 Å². The molecule has 20 heavy (non-hydrogen) atoms. The summed E-state index contributed by atoms with van der Waals surface area (Å²) in [5.74, 6) is 0.623. The molecule has 0 radical (unpaired) electrons. The van der Waals surface area contributed by atoms with Crippen molar-refractivity contribution >= 4 is 20.2 Å². The van der Waals surface area contributed by atoms with Gasteiger partial charge in [-0.3, -0.25) is 0 Å². The zero-order chi connectivity index (χ0) is 14.9. The lowest BCUT2D eigenvalue weighted by Crippen LogP contribution is -2.28. The van der Waals surface area contributed by atoms with Crippen LogP contribution in [0.2, 0.25) is 0 Å². The molecule has 1 aliphatic rings. The largest absolute Gasteiger partial charge is 0.117 e. The SMILES string of the molecule is C/C=C\C1=c2c(ccc/c2=C/C)C(PC)C1C(C)(C)C. The Kier molecular flexibility index (Phi) is 4.55. The van der Waals surface area contributed by atoms with E-state index in [1.165, 1.54) is 10.4 Å². The van der Waals surface area contributed by atoms with Crippen molar-refractivity contribution in [2.45, 2.75) is 40.3 Å².